The molecule has 0 radical (unpaired) electrons. The van der Waals surface area contributed by atoms with Crippen LogP contribution in [0.15, 0.2) is 72.8 Å². The zero-order valence-corrected chi connectivity index (χ0v) is 18.9. The van der Waals surface area contributed by atoms with Gasteiger partial charge in [0.2, 0.25) is 6.10 Å². The molecule has 0 aliphatic carbocycles. The summed E-state index contributed by atoms with van der Waals surface area (Å²) in [7, 11) is 1.49. The Kier molecular flexibility index (Phi) is 8.30. The molecule has 3 aromatic carbocycles. The third kappa shape index (κ3) is 6.04. The number of rotatable bonds is 10. The number of benzene rings is 3. The summed E-state index contributed by atoms with van der Waals surface area (Å²) in [5.41, 5.74) is 1.26. The van der Waals surface area contributed by atoms with Crippen LogP contribution in [0.4, 0.5) is 5.69 Å². The minimum Gasteiger partial charge on any atom is -0.493 e. The molecule has 0 fully saturated rings. The zero-order valence-electron chi connectivity index (χ0n) is 18.9. The fraction of sp³-hybridized carbons (Fsp3) is 0.231. The van der Waals surface area contributed by atoms with Crippen molar-refractivity contribution >= 4 is 17.6 Å². The van der Waals surface area contributed by atoms with E-state index in [-0.39, 0.29) is 5.56 Å². The number of para-hydroxylation sites is 2. The van der Waals surface area contributed by atoms with Crippen LogP contribution in [0, 0.1) is 0 Å². The Morgan fingerprint density at radius 2 is 1.48 bits per heavy atom. The fourth-order valence-corrected chi connectivity index (χ4v) is 3.19. The topological polar surface area (TPSA) is 83.1 Å². The summed E-state index contributed by atoms with van der Waals surface area (Å²) < 4.78 is 22.1. The molecule has 0 aliphatic rings. The Balaban J connectivity index is 1.86. The average Bonchev–Trinajstić information content (AvgIpc) is 2.84. The minimum absolute atomic E-state index is 0.235. The monoisotopic (exact) mass is 449 g/mol. The third-order valence-corrected chi connectivity index (χ3v) is 4.71. The maximum absolute atomic E-state index is 13.2. The van der Waals surface area contributed by atoms with Gasteiger partial charge < -0.3 is 24.3 Å². The largest absolute Gasteiger partial charge is 0.493 e. The fourth-order valence-electron chi connectivity index (χ4n) is 3.19. The van der Waals surface area contributed by atoms with Gasteiger partial charge in [-0.05, 0) is 44.2 Å². The average molecular weight is 450 g/mol. The molecule has 1 N–H and O–H groups in total. The Morgan fingerprint density at radius 1 is 0.818 bits per heavy atom. The molecule has 1 atom stereocenters. The normalized spacial score (nSPS) is 11.2. The van der Waals surface area contributed by atoms with E-state index in [2.05, 4.69) is 5.32 Å². The molecule has 0 spiro atoms. The molecule has 7 nitrogen and oxygen atoms in total. The summed E-state index contributed by atoms with van der Waals surface area (Å²) in [4.78, 5) is 26.2. The van der Waals surface area contributed by atoms with Gasteiger partial charge in [-0.2, -0.15) is 0 Å². The maximum Gasteiger partial charge on any atom is 0.339 e. The number of esters is 1. The quantitative estimate of drug-likeness (QED) is 0.437. The van der Waals surface area contributed by atoms with Gasteiger partial charge in [0.15, 0.2) is 11.5 Å². The minimum atomic E-state index is -1.18. The molecular formula is C26H27NO6. The molecular weight excluding hydrogens is 422 g/mol. The number of hydrogen-bond donors (Lipinski definition) is 1. The summed E-state index contributed by atoms with van der Waals surface area (Å²) >= 11 is 0. The molecule has 3 rings (SSSR count). The molecule has 172 valence electrons. The number of amides is 1. The summed E-state index contributed by atoms with van der Waals surface area (Å²) in [6.07, 6.45) is -1.18. The van der Waals surface area contributed by atoms with Crippen molar-refractivity contribution in [3.63, 3.8) is 0 Å². The Labute approximate surface area is 193 Å². The highest BCUT2D eigenvalue weighted by Crippen LogP contribution is 2.30. The third-order valence-electron chi connectivity index (χ3n) is 4.71. The molecule has 1 unspecified atom stereocenters. The van der Waals surface area contributed by atoms with Crippen molar-refractivity contribution in [2.45, 2.75) is 20.0 Å². The van der Waals surface area contributed by atoms with Gasteiger partial charge in [-0.25, -0.2) is 4.79 Å². The van der Waals surface area contributed by atoms with Gasteiger partial charge in [0.1, 0.15) is 5.75 Å². The van der Waals surface area contributed by atoms with Crippen LogP contribution < -0.4 is 19.5 Å². The summed E-state index contributed by atoms with van der Waals surface area (Å²) in [5.74, 6) is 0.278. The van der Waals surface area contributed by atoms with Crippen molar-refractivity contribution in [1.82, 2.24) is 0 Å². The smallest absolute Gasteiger partial charge is 0.339 e. The van der Waals surface area contributed by atoms with Crippen LogP contribution in [-0.4, -0.2) is 32.2 Å². The highest BCUT2D eigenvalue weighted by atomic mass is 16.5. The van der Waals surface area contributed by atoms with E-state index in [1.54, 1.807) is 54.6 Å². The summed E-state index contributed by atoms with van der Waals surface area (Å²) in [6.45, 7) is 4.62. The lowest BCUT2D eigenvalue weighted by molar-refractivity contribution is -0.125. The second-order valence-electron chi connectivity index (χ2n) is 6.91. The van der Waals surface area contributed by atoms with Crippen molar-refractivity contribution in [3.8, 4) is 17.2 Å². The van der Waals surface area contributed by atoms with Gasteiger partial charge in [0, 0.05) is 5.56 Å². The van der Waals surface area contributed by atoms with E-state index in [9.17, 15) is 9.59 Å². The lowest BCUT2D eigenvalue weighted by Crippen LogP contribution is -2.26. The zero-order chi connectivity index (χ0) is 23.6. The molecule has 0 bridgehead atoms. The number of carbonyl (C=O) groups is 2. The van der Waals surface area contributed by atoms with Crippen LogP contribution in [0.2, 0.25) is 0 Å². The van der Waals surface area contributed by atoms with Crippen LogP contribution in [0.3, 0.4) is 0 Å². The molecule has 0 saturated heterocycles. The van der Waals surface area contributed by atoms with E-state index in [4.69, 9.17) is 18.9 Å². The van der Waals surface area contributed by atoms with Gasteiger partial charge in [-0.3, -0.25) is 4.79 Å². The van der Waals surface area contributed by atoms with E-state index in [0.29, 0.717) is 41.7 Å². The van der Waals surface area contributed by atoms with Crippen LogP contribution in [0.1, 0.15) is 35.9 Å². The Morgan fingerprint density at radius 3 is 2.18 bits per heavy atom. The standard InChI is InChI=1S/C26H27NO6/c1-4-31-21-14-10-9-13-20(21)27-25(28)24(18-11-7-6-8-12-18)33-26(29)19-15-16-22(32-5-2)23(17-19)30-3/h6-17,24H,4-5H2,1-3H3,(H,27,28). The van der Waals surface area contributed by atoms with Crippen LogP contribution in [0.5, 0.6) is 17.2 Å². The first-order valence-corrected chi connectivity index (χ1v) is 10.7. The molecule has 0 aliphatic heterocycles. The highest BCUT2D eigenvalue weighted by molar-refractivity contribution is 5.99. The van der Waals surface area contributed by atoms with E-state index in [1.807, 2.05) is 26.0 Å². The Hall–Kier alpha value is -4.00. The highest BCUT2D eigenvalue weighted by Gasteiger charge is 2.27. The maximum atomic E-state index is 13.2. The molecule has 1 amide bonds. The number of nitrogens with one attached hydrogen (secondary N) is 1. The SMILES string of the molecule is CCOc1ccccc1NC(=O)C(OC(=O)c1ccc(OCC)c(OC)c1)c1ccccc1. The number of hydrogen-bond acceptors (Lipinski definition) is 6. The van der Waals surface area contributed by atoms with Crippen LogP contribution >= 0.6 is 0 Å². The molecule has 33 heavy (non-hydrogen) atoms. The van der Waals surface area contributed by atoms with Gasteiger partial charge >= 0.3 is 5.97 Å². The van der Waals surface area contributed by atoms with E-state index in [0.717, 1.165) is 0 Å². The molecule has 3 aromatic rings. The first-order valence-electron chi connectivity index (χ1n) is 10.7. The Bertz CT molecular complexity index is 1080. The van der Waals surface area contributed by atoms with Crippen molar-refractivity contribution < 1.29 is 28.5 Å². The number of ether oxygens (including phenoxy) is 4. The van der Waals surface area contributed by atoms with Crippen molar-refractivity contribution in [2.75, 3.05) is 25.6 Å². The molecule has 0 heterocycles. The first-order chi connectivity index (χ1) is 16.1. The predicted molar refractivity (Wildman–Crippen MR) is 125 cm³/mol. The molecule has 0 aromatic heterocycles. The van der Waals surface area contributed by atoms with Gasteiger partial charge in [-0.15, -0.1) is 0 Å². The summed E-state index contributed by atoms with van der Waals surface area (Å²) in [6, 6.07) is 20.6. The van der Waals surface area contributed by atoms with E-state index < -0.39 is 18.0 Å². The molecule has 0 saturated carbocycles. The van der Waals surface area contributed by atoms with Crippen molar-refractivity contribution in [1.29, 1.82) is 0 Å². The molecule has 7 heteroatoms. The number of carbonyl (C=O) groups excluding carboxylic acids is 2. The lowest BCUT2D eigenvalue weighted by Gasteiger charge is -2.19. The van der Waals surface area contributed by atoms with Crippen LogP contribution in [-0.2, 0) is 9.53 Å². The van der Waals surface area contributed by atoms with E-state index >= 15 is 0 Å². The van der Waals surface area contributed by atoms with Crippen LogP contribution in [0.25, 0.3) is 0 Å². The summed E-state index contributed by atoms with van der Waals surface area (Å²) in [5, 5.41) is 2.81. The second kappa shape index (κ2) is 11.6. The van der Waals surface area contributed by atoms with Gasteiger partial charge in [-0.1, -0.05) is 42.5 Å². The van der Waals surface area contributed by atoms with E-state index in [1.165, 1.54) is 13.2 Å². The lowest BCUT2D eigenvalue weighted by atomic mass is 10.1. The van der Waals surface area contributed by atoms with Crippen molar-refractivity contribution in [3.05, 3.63) is 83.9 Å². The van der Waals surface area contributed by atoms with Gasteiger partial charge in [0.05, 0.1) is 31.6 Å². The number of anilines is 1. The number of methoxy groups -OCH3 is 1. The van der Waals surface area contributed by atoms with Gasteiger partial charge in [0.25, 0.3) is 5.91 Å². The predicted octanol–water partition coefficient (Wildman–Crippen LogP) is 5.03. The second-order valence-corrected chi connectivity index (χ2v) is 6.91. The van der Waals surface area contributed by atoms with Crippen molar-refractivity contribution in [2.24, 2.45) is 0 Å². The first kappa shape index (κ1) is 23.7.